The van der Waals surface area contributed by atoms with E-state index >= 15 is 0 Å². The second-order valence-corrected chi connectivity index (χ2v) is 6.75. The minimum Gasteiger partial charge on any atom is -0.497 e. The third-order valence-electron chi connectivity index (χ3n) is 4.94. The molecule has 4 rings (SSSR count). The van der Waals surface area contributed by atoms with Crippen LogP contribution < -0.4 is 10.5 Å². The minimum absolute atomic E-state index is 0.144. The maximum atomic E-state index is 6.38. The summed E-state index contributed by atoms with van der Waals surface area (Å²) >= 11 is 0. The number of hydrogen-bond acceptors (Lipinski definition) is 5. The van der Waals surface area contributed by atoms with Crippen molar-refractivity contribution in [1.82, 2.24) is 9.88 Å². The molecule has 0 spiro atoms. The fourth-order valence-electron chi connectivity index (χ4n) is 3.57. The van der Waals surface area contributed by atoms with Crippen LogP contribution in [0.15, 0.2) is 65.3 Å². The molecule has 2 N–H and O–H groups in total. The van der Waals surface area contributed by atoms with E-state index in [9.17, 15) is 0 Å². The third-order valence-corrected chi connectivity index (χ3v) is 4.94. The molecular weight excluding hydrogens is 326 g/mol. The van der Waals surface area contributed by atoms with Crippen molar-refractivity contribution in [3.8, 4) is 17.2 Å². The highest BCUT2D eigenvalue weighted by molar-refractivity contribution is 5.54. The van der Waals surface area contributed by atoms with Gasteiger partial charge in [0.15, 0.2) is 0 Å². The van der Waals surface area contributed by atoms with E-state index < -0.39 is 0 Å². The molecule has 2 atom stereocenters. The first-order valence-electron chi connectivity index (χ1n) is 8.84. The van der Waals surface area contributed by atoms with Gasteiger partial charge in [-0.15, -0.1) is 0 Å². The van der Waals surface area contributed by atoms with Gasteiger partial charge in [-0.05, 0) is 29.8 Å². The van der Waals surface area contributed by atoms with Crippen LogP contribution in [0.1, 0.15) is 17.2 Å². The summed E-state index contributed by atoms with van der Waals surface area (Å²) in [4.78, 5) is 6.98. The number of benzene rings is 2. The zero-order valence-electron chi connectivity index (χ0n) is 14.8. The van der Waals surface area contributed by atoms with Gasteiger partial charge in [0, 0.05) is 37.2 Å². The Morgan fingerprint density at radius 3 is 2.62 bits per heavy atom. The number of ether oxygens (including phenoxy) is 1. The summed E-state index contributed by atoms with van der Waals surface area (Å²) in [5.41, 5.74) is 9.56. The van der Waals surface area contributed by atoms with E-state index in [4.69, 9.17) is 14.9 Å². The lowest BCUT2D eigenvalue weighted by atomic mass is 9.95. The number of nitrogens with zero attached hydrogens (tertiary/aromatic N) is 2. The van der Waals surface area contributed by atoms with Gasteiger partial charge in [-0.25, -0.2) is 4.98 Å². The summed E-state index contributed by atoms with van der Waals surface area (Å²) < 4.78 is 10.8. The van der Waals surface area contributed by atoms with Crippen LogP contribution in [0.25, 0.3) is 11.5 Å². The predicted octanol–water partition coefficient (Wildman–Crippen LogP) is 3.28. The van der Waals surface area contributed by atoms with Crippen molar-refractivity contribution >= 4 is 0 Å². The monoisotopic (exact) mass is 349 g/mol. The van der Waals surface area contributed by atoms with Gasteiger partial charge < -0.3 is 14.9 Å². The van der Waals surface area contributed by atoms with Gasteiger partial charge in [0.25, 0.3) is 0 Å². The summed E-state index contributed by atoms with van der Waals surface area (Å²) in [6.45, 7) is 2.55. The first-order valence-corrected chi connectivity index (χ1v) is 8.84. The van der Waals surface area contributed by atoms with Crippen molar-refractivity contribution < 1.29 is 9.15 Å². The zero-order chi connectivity index (χ0) is 17.9. The Bertz CT molecular complexity index is 845. The Balaban J connectivity index is 1.43. The molecule has 0 saturated carbocycles. The van der Waals surface area contributed by atoms with Crippen LogP contribution in [0.5, 0.6) is 5.75 Å². The molecule has 134 valence electrons. The summed E-state index contributed by atoms with van der Waals surface area (Å²) in [5.74, 6) is 1.81. The Labute approximate surface area is 153 Å². The molecule has 2 aromatic carbocycles. The smallest absolute Gasteiger partial charge is 0.226 e. The van der Waals surface area contributed by atoms with Gasteiger partial charge in [-0.2, -0.15) is 0 Å². The highest BCUT2D eigenvalue weighted by Crippen LogP contribution is 2.28. The number of methoxy groups -OCH3 is 1. The Kier molecular flexibility index (Phi) is 4.73. The largest absolute Gasteiger partial charge is 0.497 e. The lowest BCUT2D eigenvalue weighted by Gasteiger charge is -2.14. The minimum atomic E-state index is 0.144. The molecule has 5 nitrogen and oxygen atoms in total. The van der Waals surface area contributed by atoms with E-state index in [1.807, 2.05) is 30.3 Å². The van der Waals surface area contributed by atoms with Crippen molar-refractivity contribution in [2.45, 2.75) is 18.5 Å². The fraction of sp³-hybridized carbons (Fsp3) is 0.286. The summed E-state index contributed by atoms with van der Waals surface area (Å²) in [6, 6.07) is 18.4. The average Bonchev–Trinajstić information content (AvgIpc) is 3.29. The van der Waals surface area contributed by atoms with Crippen molar-refractivity contribution in [3.05, 3.63) is 72.1 Å². The van der Waals surface area contributed by atoms with Gasteiger partial charge in [0.2, 0.25) is 5.89 Å². The normalized spacial score (nSPS) is 20.4. The first-order chi connectivity index (χ1) is 12.7. The number of rotatable bonds is 5. The lowest BCUT2D eigenvalue weighted by Crippen LogP contribution is -2.28. The van der Waals surface area contributed by atoms with Crippen LogP contribution in [-0.4, -0.2) is 36.1 Å². The van der Waals surface area contributed by atoms with Crippen LogP contribution in [0.3, 0.4) is 0 Å². The molecular formula is C21H23N3O2. The lowest BCUT2D eigenvalue weighted by molar-refractivity contribution is 0.319. The molecule has 1 aliphatic heterocycles. The number of aromatic nitrogens is 1. The van der Waals surface area contributed by atoms with E-state index in [0.29, 0.717) is 11.8 Å². The Morgan fingerprint density at radius 1 is 1.12 bits per heavy atom. The molecule has 2 heterocycles. The van der Waals surface area contributed by atoms with E-state index in [2.05, 4.69) is 34.1 Å². The van der Waals surface area contributed by atoms with E-state index in [1.54, 1.807) is 13.4 Å². The maximum Gasteiger partial charge on any atom is 0.226 e. The molecule has 5 heteroatoms. The van der Waals surface area contributed by atoms with Gasteiger partial charge in [-0.3, -0.25) is 4.90 Å². The van der Waals surface area contributed by atoms with Crippen LogP contribution in [0.2, 0.25) is 0 Å². The van der Waals surface area contributed by atoms with Crippen LogP contribution in [-0.2, 0) is 6.54 Å². The quantitative estimate of drug-likeness (QED) is 0.766. The van der Waals surface area contributed by atoms with Crippen molar-refractivity contribution in [1.29, 1.82) is 0 Å². The topological polar surface area (TPSA) is 64.5 Å². The molecule has 0 radical (unpaired) electrons. The second kappa shape index (κ2) is 7.32. The number of hydrogen-bond donors (Lipinski definition) is 1. The molecule has 0 amide bonds. The Morgan fingerprint density at radius 2 is 1.88 bits per heavy atom. The molecule has 0 aliphatic carbocycles. The van der Waals surface area contributed by atoms with Crippen LogP contribution in [0, 0.1) is 0 Å². The van der Waals surface area contributed by atoms with Crippen LogP contribution in [0.4, 0.5) is 0 Å². The van der Waals surface area contributed by atoms with E-state index in [1.165, 1.54) is 5.56 Å². The summed E-state index contributed by atoms with van der Waals surface area (Å²) in [5, 5.41) is 0. The molecule has 1 aromatic heterocycles. The van der Waals surface area contributed by atoms with Gasteiger partial charge in [-0.1, -0.05) is 30.3 Å². The number of likely N-dealkylation sites (tertiary alicyclic amines) is 1. The predicted molar refractivity (Wildman–Crippen MR) is 101 cm³/mol. The summed E-state index contributed by atoms with van der Waals surface area (Å²) in [6.07, 6.45) is 1.74. The standard InChI is InChI=1S/C21H23N3O2/c1-25-18-9-7-16(8-10-18)21-23-17(14-26-21)11-24-12-19(20(22)13-24)15-5-3-2-4-6-15/h2-10,14,19-20H,11-13,22H2,1H3/t19-,20+/m0/s1. The summed E-state index contributed by atoms with van der Waals surface area (Å²) in [7, 11) is 1.65. The highest BCUT2D eigenvalue weighted by atomic mass is 16.5. The van der Waals surface area contributed by atoms with E-state index in [-0.39, 0.29) is 6.04 Å². The molecule has 26 heavy (non-hydrogen) atoms. The van der Waals surface area contributed by atoms with Crippen molar-refractivity contribution in [2.24, 2.45) is 5.73 Å². The molecule has 3 aromatic rings. The third kappa shape index (κ3) is 3.49. The molecule has 1 fully saturated rings. The average molecular weight is 349 g/mol. The molecule has 0 unspecified atom stereocenters. The zero-order valence-corrected chi connectivity index (χ0v) is 14.8. The Hall–Kier alpha value is -2.63. The first kappa shape index (κ1) is 16.8. The van der Waals surface area contributed by atoms with Crippen molar-refractivity contribution in [2.75, 3.05) is 20.2 Å². The fourth-order valence-corrected chi connectivity index (χ4v) is 3.57. The van der Waals surface area contributed by atoms with Crippen LogP contribution >= 0.6 is 0 Å². The van der Waals surface area contributed by atoms with Gasteiger partial charge in [0.05, 0.1) is 12.8 Å². The molecule has 1 saturated heterocycles. The molecule has 0 bridgehead atoms. The van der Waals surface area contributed by atoms with Crippen molar-refractivity contribution in [3.63, 3.8) is 0 Å². The SMILES string of the molecule is COc1ccc(-c2nc(CN3C[C@@H](N)[C@H](c4ccccc4)C3)co2)cc1. The maximum absolute atomic E-state index is 6.38. The number of oxazole rings is 1. The highest BCUT2D eigenvalue weighted by Gasteiger charge is 2.31. The second-order valence-electron chi connectivity index (χ2n) is 6.75. The number of nitrogens with two attached hydrogens (primary N) is 1. The molecule has 1 aliphatic rings. The van der Waals surface area contributed by atoms with E-state index in [0.717, 1.165) is 36.6 Å². The van der Waals surface area contributed by atoms with Gasteiger partial charge in [0.1, 0.15) is 12.0 Å². The van der Waals surface area contributed by atoms with Gasteiger partial charge >= 0.3 is 0 Å².